The molecule has 20 heavy (non-hydrogen) atoms. The zero-order chi connectivity index (χ0) is 14.8. The van der Waals surface area contributed by atoms with Gasteiger partial charge < -0.3 is 5.11 Å². The Morgan fingerprint density at radius 2 is 2.10 bits per heavy atom. The minimum Gasteiger partial charge on any atom is -0.477 e. The minimum atomic E-state index is -3.60. The number of carboxylic acids is 1. The molecule has 0 radical (unpaired) electrons. The molecule has 2 N–H and O–H groups in total. The third-order valence-electron chi connectivity index (χ3n) is 2.38. The summed E-state index contributed by atoms with van der Waals surface area (Å²) in [7, 11) is -3.60. The molecule has 0 aliphatic heterocycles. The number of nitrogens with one attached hydrogen (secondary N) is 1. The molecular formula is C11H11N3O4S2. The zero-order valence-corrected chi connectivity index (χ0v) is 12.0. The van der Waals surface area contributed by atoms with Gasteiger partial charge >= 0.3 is 5.97 Å². The largest absolute Gasteiger partial charge is 0.477 e. The third-order valence-corrected chi connectivity index (χ3v) is 5.15. The summed E-state index contributed by atoms with van der Waals surface area (Å²) in [6, 6.07) is 2.83. The van der Waals surface area contributed by atoms with Crippen molar-refractivity contribution < 1.29 is 18.3 Å². The number of carbonyl (C=O) groups is 1. The van der Waals surface area contributed by atoms with Crippen LogP contribution in [0.3, 0.4) is 0 Å². The summed E-state index contributed by atoms with van der Waals surface area (Å²) >= 11 is 1.08. The Bertz CT molecular complexity index is 722. The fraction of sp³-hybridized carbons (Fsp3) is 0.182. The fourth-order valence-electron chi connectivity index (χ4n) is 1.37. The Morgan fingerprint density at radius 3 is 2.60 bits per heavy atom. The van der Waals surface area contributed by atoms with Gasteiger partial charge in [-0.05, 0) is 18.6 Å². The van der Waals surface area contributed by atoms with Crippen LogP contribution in [0, 0.1) is 6.92 Å². The molecule has 0 saturated carbocycles. The summed E-state index contributed by atoms with van der Waals surface area (Å²) in [6.45, 7) is 1.75. The molecule has 0 fully saturated rings. The van der Waals surface area contributed by atoms with Crippen molar-refractivity contribution in [2.24, 2.45) is 0 Å². The topological polar surface area (TPSA) is 109 Å². The molecule has 0 aliphatic carbocycles. The van der Waals surface area contributed by atoms with Gasteiger partial charge in [0, 0.05) is 12.7 Å². The van der Waals surface area contributed by atoms with Crippen LogP contribution in [0.25, 0.3) is 0 Å². The molecule has 0 amide bonds. The first-order valence-corrected chi connectivity index (χ1v) is 7.79. The van der Waals surface area contributed by atoms with Gasteiger partial charge in [-0.25, -0.2) is 27.9 Å². The third kappa shape index (κ3) is 3.38. The Kier molecular flexibility index (Phi) is 4.12. The van der Waals surface area contributed by atoms with Gasteiger partial charge in [0.25, 0.3) is 10.0 Å². The number of aromatic carboxylic acids is 1. The highest BCUT2D eigenvalue weighted by atomic mass is 32.2. The quantitative estimate of drug-likeness (QED) is 0.853. The number of hydrogen-bond acceptors (Lipinski definition) is 6. The lowest BCUT2D eigenvalue weighted by molar-refractivity contribution is 0.0690. The molecule has 2 aromatic rings. The van der Waals surface area contributed by atoms with Crippen LogP contribution >= 0.6 is 11.3 Å². The maximum atomic E-state index is 11.9. The van der Waals surface area contributed by atoms with Crippen LogP contribution in [0.2, 0.25) is 0 Å². The molecule has 9 heteroatoms. The molecule has 0 saturated heterocycles. The van der Waals surface area contributed by atoms with E-state index in [4.69, 9.17) is 5.11 Å². The number of rotatable bonds is 5. The van der Waals surface area contributed by atoms with E-state index in [0.29, 0.717) is 10.6 Å². The smallest absolute Gasteiger partial charge is 0.354 e. The Balaban J connectivity index is 2.06. The summed E-state index contributed by atoms with van der Waals surface area (Å²) in [6.07, 6.45) is 2.62. The van der Waals surface area contributed by atoms with Gasteiger partial charge in [-0.2, -0.15) is 0 Å². The monoisotopic (exact) mass is 313 g/mol. The van der Waals surface area contributed by atoms with Crippen molar-refractivity contribution in [3.63, 3.8) is 0 Å². The van der Waals surface area contributed by atoms with Crippen molar-refractivity contribution in [1.82, 2.24) is 14.7 Å². The van der Waals surface area contributed by atoms with Crippen LogP contribution in [0.15, 0.2) is 28.7 Å². The maximum Gasteiger partial charge on any atom is 0.354 e. The van der Waals surface area contributed by atoms with E-state index in [2.05, 4.69) is 14.7 Å². The average Bonchev–Trinajstić information content (AvgIpc) is 2.84. The highest BCUT2D eigenvalue weighted by Gasteiger charge is 2.16. The van der Waals surface area contributed by atoms with E-state index in [9.17, 15) is 13.2 Å². The molecule has 2 rings (SSSR count). The highest BCUT2D eigenvalue weighted by Crippen LogP contribution is 2.17. The summed E-state index contributed by atoms with van der Waals surface area (Å²) in [5.41, 5.74) is 0.481. The van der Waals surface area contributed by atoms with Gasteiger partial charge in [0.1, 0.15) is 5.69 Å². The first kappa shape index (κ1) is 14.6. The predicted octanol–water partition coefficient (Wildman–Crippen LogP) is 1.02. The summed E-state index contributed by atoms with van der Waals surface area (Å²) in [5, 5.41) is 9.37. The van der Waals surface area contributed by atoms with Crippen molar-refractivity contribution >= 4 is 27.3 Å². The van der Waals surface area contributed by atoms with Gasteiger partial charge in [-0.1, -0.05) is 6.07 Å². The lowest BCUT2D eigenvalue weighted by Crippen LogP contribution is -2.22. The van der Waals surface area contributed by atoms with Crippen LogP contribution in [-0.4, -0.2) is 29.5 Å². The number of aromatic nitrogens is 2. The average molecular weight is 313 g/mol. The van der Waals surface area contributed by atoms with Crippen molar-refractivity contribution in [2.75, 3.05) is 0 Å². The fourth-order valence-corrected chi connectivity index (χ4v) is 3.54. The molecule has 0 aromatic carbocycles. The standard InChI is InChI=1S/C11H11N3O4S2/c1-7-12-6-10(19-7)20(17,18)14-5-8-2-3-9(11(15)16)13-4-8/h2-4,6,14H,5H2,1H3,(H,15,16). The van der Waals surface area contributed by atoms with Crippen LogP contribution in [-0.2, 0) is 16.6 Å². The van der Waals surface area contributed by atoms with Crippen LogP contribution < -0.4 is 4.72 Å². The zero-order valence-electron chi connectivity index (χ0n) is 10.4. The highest BCUT2D eigenvalue weighted by molar-refractivity contribution is 7.91. The minimum absolute atomic E-state index is 0.0339. The van der Waals surface area contributed by atoms with Crippen molar-refractivity contribution in [2.45, 2.75) is 17.7 Å². The molecule has 0 spiro atoms. The molecule has 2 heterocycles. The molecular weight excluding hydrogens is 302 g/mol. The van der Waals surface area contributed by atoms with E-state index in [0.717, 1.165) is 11.3 Å². The number of aryl methyl sites for hydroxylation is 1. The molecule has 0 aliphatic rings. The molecule has 106 valence electrons. The van der Waals surface area contributed by atoms with E-state index in [-0.39, 0.29) is 16.4 Å². The predicted molar refractivity (Wildman–Crippen MR) is 72.1 cm³/mol. The molecule has 0 unspecified atom stereocenters. The van der Waals surface area contributed by atoms with Crippen molar-refractivity contribution in [3.8, 4) is 0 Å². The molecule has 0 atom stereocenters. The van der Waals surface area contributed by atoms with Crippen LogP contribution in [0.1, 0.15) is 21.1 Å². The second-order valence-electron chi connectivity index (χ2n) is 3.88. The van der Waals surface area contributed by atoms with E-state index >= 15 is 0 Å². The second-order valence-corrected chi connectivity index (χ2v) is 7.11. The second kappa shape index (κ2) is 5.65. The number of nitrogens with zero attached hydrogens (tertiary/aromatic N) is 2. The number of hydrogen-bond donors (Lipinski definition) is 2. The van der Waals surface area contributed by atoms with Crippen LogP contribution in [0.4, 0.5) is 0 Å². The number of carboxylic acid groups (broad SMARTS) is 1. The summed E-state index contributed by atoms with van der Waals surface area (Å²) in [4.78, 5) is 18.2. The van der Waals surface area contributed by atoms with Crippen LogP contribution in [0.5, 0.6) is 0 Å². The van der Waals surface area contributed by atoms with Crippen molar-refractivity contribution in [1.29, 1.82) is 0 Å². The SMILES string of the molecule is Cc1ncc(S(=O)(=O)NCc2ccc(C(=O)O)nc2)s1. The molecule has 0 bridgehead atoms. The molecule has 2 aromatic heterocycles. The van der Waals surface area contributed by atoms with Gasteiger partial charge in [-0.3, -0.25) is 0 Å². The van der Waals surface area contributed by atoms with E-state index < -0.39 is 16.0 Å². The Labute approximate surface area is 119 Å². The van der Waals surface area contributed by atoms with Gasteiger partial charge in [0.15, 0.2) is 4.21 Å². The summed E-state index contributed by atoms with van der Waals surface area (Å²) < 4.78 is 26.4. The van der Waals surface area contributed by atoms with E-state index in [1.54, 1.807) is 6.92 Å². The first-order valence-electron chi connectivity index (χ1n) is 5.49. The normalized spacial score (nSPS) is 11.4. The maximum absolute atomic E-state index is 11.9. The number of pyridine rings is 1. The number of sulfonamides is 1. The lowest BCUT2D eigenvalue weighted by Gasteiger charge is -2.04. The van der Waals surface area contributed by atoms with E-state index in [1.807, 2.05) is 0 Å². The molecule has 7 nitrogen and oxygen atoms in total. The van der Waals surface area contributed by atoms with Gasteiger partial charge in [0.05, 0.1) is 11.2 Å². The number of thiazole rings is 1. The van der Waals surface area contributed by atoms with Gasteiger partial charge in [-0.15, -0.1) is 11.3 Å². The van der Waals surface area contributed by atoms with Crippen molar-refractivity contribution in [3.05, 3.63) is 40.8 Å². The Hall–Kier alpha value is -1.84. The summed E-state index contributed by atoms with van der Waals surface area (Å²) in [5.74, 6) is -1.13. The van der Waals surface area contributed by atoms with E-state index in [1.165, 1.54) is 24.5 Å². The lowest BCUT2D eigenvalue weighted by atomic mass is 10.2. The Morgan fingerprint density at radius 1 is 1.35 bits per heavy atom. The first-order chi connectivity index (χ1) is 9.38. The van der Waals surface area contributed by atoms with Gasteiger partial charge in [0.2, 0.25) is 0 Å².